The number of aliphatic hydroxyl groups is 1. The number of imidazole rings is 1. The van der Waals surface area contributed by atoms with E-state index in [0.29, 0.717) is 24.4 Å². The lowest BCUT2D eigenvalue weighted by atomic mass is 9.98. The predicted octanol–water partition coefficient (Wildman–Crippen LogP) is -0.446. The summed E-state index contributed by atoms with van der Waals surface area (Å²) in [5.41, 5.74) is 5.39. The Kier molecular flexibility index (Phi) is 7.72. The molecule has 4 aromatic rings. The van der Waals surface area contributed by atoms with E-state index >= 15 is 0 Å². The summed E-state index contributed by atoms with van der Waals surface area (Å²) in [5, 5.41) is 18.5. The maximum absolute atomic E-state index is 13.3. The molecule has 0 amide bonds. The van der Waals surface area contributed by atoms with Gasteiger partial charge < -0.3 is 30.7 Å². The summed E-state index contributed by atoms with van der Waals surface area (Å²) in [5.74, 6) is -0.696. The Morgan fingerprint density at radius 1 is 1.04 bits per heavy atom. The van der Waals surface area contributed by atoms with Crippen LogP contribution in [0.3, 0.4) is 0 Å². The number of rotatable bonds is 3. The van der Waals surface area contributed by atoms with Crippen LogP contribution in [0.15, 0.2) is 29.7 Å². The highest BCUT2D eigenvalue weighted by molar-refractivity contribution is 7.47. The third kappa shape index (κ3) is 5.99. The number of phosphoric acid groups is 2. The largest absolute Gasteiger partial charge is 0.472 e. The van der Waals surface area contributed by atoms with E-state index in [9.17, 15) is 28.8 Å². The van der Waals surface area contributed by atoms with Crippen LogP contribution in [0.25, 0.3) is 16.8 Å². The van der Waals surface area contributed by atoms with Crippen molar-refractivity contribution in [1.82, 2.24) is 39.1 Å². The van der Waals surface area contributed by atoms with Gasteiger partial charge in [-0.1, -0.05) is 0 Å². The summed E-state index contributed by atoms with van der Waals surface area (Å²) in [6.45, 7) is -1.23. The van der Waals surface area contributed by atoms with E-state index in [1.54, 1.807) is 12.3 Å². The molecular formula is C22H28N10O11P2. The maximum atomic E-state index is 13.3. The number of H-pyrrole nitrogens is 1. The number of anilines is 2. The number of nitrogens with two attached hydrogens (primary N) is 1. The average molecular weight is 670 g/mol. The van der Waals surface area contributed by atoms with Crippen LogP contribution < -0.4 is 16.6 Å². The number of phosphoric ester groups is 2. The fourth-order valence-electron chi connectivity index (χ4n) is 5.87. The highest BCUT2D eigenvalue weighted by atomic mass is 31.2. The van der Waals surface area contributed by atoms with Crippen LogP contribution in [0.5, 0.6) is 0 Å². The van der Waals surface area contributed by atoms with Crippen molar-refractivity contribution in [3.05, 3.63) is 35.3 Å². The molecule has 7 N–H and O–H groups in total. The molecule has 2 saturated heterocycles. The first-order valence-corrected chi connectivity index (χ1v) is 16.7. The van der Waals surface area contributed by atoms with Gasteiger partial charge in [0.05, 0.1) is 32.3 Å². The molecular weight excluding hydrogens is 642 g/mol. The third-order valence-corrected chi connectivity index (χ3v) is 9.90. The molecule has 3 fully saturated rings. The summed E-state index contributed by atoms with van der Waals surface area (Å²) in [6, 6.07) is 1.45. The Labute approximate surface area is 251 Å². The molecule has 4 aromatic heterocycles. The second kappa shape index (κ2) is 11.5. The first kappa shape index (κ1) is 30.3. The monoisotopic (exact) mass is 670 g/mol. The zero-order valence-corrected chi connectivity index (χ0v) is 24.9. The third-order valence-electron chi connectivity index (χ3n) is 7.97. The van der Waals surface area contributed by atoms with Crippen LogP contribution in [-0.4, -0.2) is 98.2 Å². The fourth-order valence-corrected chi connectivity index (χ4v) is 7.63. The van der Waals surface area contributed by atoms with Crippen molar-refractivity contribution in [2.75, 3.05) is 30.9 Å². The van der Waals surface area contributed by atoms with E-state index < -0.39 is 64.2 Å². The van der Waals surface area contributed by atoms with E-state index in [1.807, 2.05) is 0 Å². The molecule has 2 unspecified atom stereocenters. The Hall–Kier alpha value is -3.36. The molecule has 21 nitrogen and oxygen atoms in total. The number of hydrogen-bond acceptors (Lipinski definition) is 16. The van der Waals surface area contributed by atoms with Crippen molar-refractivity contribution in [3.8, 4) is 0 Å². The van der Waals surface area contributed by atoms with E-state index in [0.717, 1.165) is 6.33 Å². The van der Waals surface area contributed by atoms with Gasteiger partial charge in [-0.3, -0.25) is 32.4 Å². The van der Waals surface area contributed by atoms with E-state index in [2.05, 4.69) is 35.3 Å². The number of aromatic nitrogens is 8. The van der Waals surface area contributed by atoms with Gasteiger partial charge >= 0.3 is 15.6 Å². The Morgan fingerprint density at radius 3 is 2.56 bits per heavy atom. The summed E-state index contributed by atoms with van der Waals surface area (Å²) < 4.78 is 56.0. The van der Waals surface area contributed by atoms with Crippen LogP contribution >= 0.6 is 15.6 Å². The van der Waals surface area contributed by atoms with E-state index in [-0.39, 0.29) is 36.4 Å². The molecule has 0 spiro atoms. The fraction of sp³-hybridized carbons (Fsp3) is 0.545. The van der Waals surface area contributed by atoms with E-state index in [1.165, 1.54) is 15.4 Å². The van der Waals surface area contributed by atoms with Crippen LogP contribution in [0.2, 0.25) is 0 Å². The first-order valence-electron chi connectivity index (χ1n) is 13.7. The predicted molar refractivity (Wildman–Crippen MR) is 149 cm³/mol. The van der Waals surface area contributed by atoms with Gasteiger partial charge in [0, 0.05) is 12.1 Å². The highest BCUT2D eigenvalue weighted by Gasteiger charge is 2.51. The molecule has 242 valence electrons. The Bertz CT molecular complexity index is 1880. The Morgan fingerprint density at radius 2 is 1.78 bits per heavy atom. The number of aliphatic hydroxyl groups excluding tert-OH is 1. The van der Waals surface area contributed by atoms with Gasteiger partial charge in [0.25, 0.3) is 5.56 Å². The quantitative estimate of drug-likeness (QED) is 0.151. The number of nitrogens with one attached hydrogen (secondary N) is 2. The van der Waals surface area contributed by atoms with Gasteiger partial charge in [-0.25, -0.2) is 24.1 Å². The van der Waals surface area contributed by atoms with Gasteiger partial charge in [0.15, 0.2) is 23.0 Å². The minimum atomic E-state index is -4.88. The molecule has 2 aliphatic heterocycles. The van der Waals surface area contributed by atoms with Gasteiger partial charge in [-0.2, -0.15) is 14.6 Å². The number of ether oxygens (including phenoxy) is 1. The molecule has 6 heterocycles. The molecule has 2 bridgehead atoms. The SMILES string of the molecule is Nc1nc2c(ncn2[C@@H]2O[C@@H]3COP(=O)(O)OC[C@H]4C[C@H](Nc5ncnc6ccnn56)C[C@@H]4COP(=O)(O)O[C@@H]2[C@@H]3O)c(=O)[nH]1. The molecule has 1 aliphatic carbocycles. The number of fused-ring (bicyclic) bond motifs is 5. The first-order chi connectivity index (χ1) is 21.5. The lowest BCUT2D eigenvalue weighted by molar-refractivity contribution is -0.0513. The topological polar surface area (TPSA) is 286 Å². The van der Waals surface area contributed by atoms with Gasteiger partial charge in [0.1, 0.15) is 24.6 Å². The molecule has 1 saturated carbocycles. The molecule has 23 heteroatoms. The molecule has 0 radical (unpaired) electrons. The molecule has 9 atom stereocenters. The maximum Gasteiger partial charge on any atom is 0.472 e. The summed E-state index contributed by atoms with van der Waals surface area (Å²) >= 11 is 0. The smallest absolute Gasteiger partial charge is 0.387 e. The minimum absolute atomic E-state index is 0.0743. The lowest BCUT2D eigenvalue weighted by Crippen LogP contribution is -2.35. The van der Waals surface area contributed by atoms with Crippen molar-refractivity contribution in [2.24, 2.45) is 11.8 Å². The second-order valence-corrected chi connectivity index (χ2v) is 13.7. The molecule has 7 rings (SSSR count). The van der Waals surface area contributed by atoms with Crippen LogP contribution in [0.4, 0.5) is 11.9 Å². The number of nitrogen functional groups attached to an aromatic ring is 1. The number of nitrogens with zero attached hydrogens (tertiary/aromatic N) is 7. The van der Waals surface area contributed by atoms with Crippen molar-refractivity contribution in [2.45, 2.75) is 43.4 Å². The normalized spacial score (nSPS) is 36.2. The Balaban J connectivity index is 1.15. The van der Waals surface area contributed by atoms with E-state index in [4.69, 9.17) is 28.6 Å². The van der Waals surface area contributed by atoms with Crippen molar-refractivity contribution >= 4 is 44.4 Å². The molecule has 0 aromatic carbocycles. The van der Waals surface area contributed by atoms with Crippen LogP contribution in [0, 0.1) is 11.8 Å². The number of aromatic amines is 1. The zero-order chi connectivity index (χ0) is 31.5. The van der Waals surface area contributed by atoms with Gasteiger partial charge in [0.2, 0.25) is 11.9 Å². The van der Waals surface area contributed by atoms with Gasteiger partial charge in [-0.15, -0.1) is 0 Å². The second-order valence-electron chi connectivity index (χ2n) is 10.9. The van der Waals surface area contributed by atoms with Crippen LogP contribution in [-0.2, 0) is 32.0 Å². The van der Waals surface area contributed by atoms with Gasteiger partial charge in [-0.05, 0) is 24.7 Å². The highest BCUT2D eigenvalue weighted by Crippen LogP contribution is 2.52. The summed E-state index contributed by atoms with van der Waals surface area (Å²) in [6.07, 6.45) is -1.17. The van der Waals surface area contributed by atoms with Crippen LogP contribution in [0.1, 0.15) is 19.1 Å². The molecule has 45 heavy (non-hydrogen) atoms. The van der Waals surface area contributed by atoms with Crippen molar-refractivity contribution in [3.63, 3.8) is 0 Å². The molecule has 3 aliphatic rings. The van der Waals surface area contributed by atoms with Crippen molar-refractivity contribution < 1.29 is 46.9 Å². The standard InChI is InChI=1S/C22H28N10O11P2/c23-21-29-18-15(19(34)30-21)26-9-31(18)20-17-16(33)13(42-20)7-41-44(35,36)39-5-10-3-12(4-11(10)6-40-45(37,38)43-17)28-22-25-8-24-14-1-2-27-32(14)22/h1-2,8-13,16-17,20,33H,3-7H2,(H,35,36)(H,37,38)(H,24,25,28)(H3,23,29,30,34)/t10-,11-,12+,13-,16-,17-,20-/m1/s1. The minimum Gasteiger partial charge on any atom is -0.387 e. The summed E-state index contributed by atoms with van der Waals surface area (Å²) in [7, 11) is -9.54. The average Bonchev–Trinajstić information content (AvgIpc) is 3.76. The number of hydrogen-bond donors (Lipinski definition) is 6. The van der Waals surface area contributed by atoms with Crippen molar-refractivity contribution in [1.29, 1.82) is 0 Å². The zero-order valence-electron chi connectivity index (χ0n) is 23.1. The summed E-state index contributed by atoms with van der Waals surface area (Å²) in [4.78, 5) is 52.3. The lowest BCUT2D eigenvalue weighted by Gasteiger charge is -2.26.